The molecule has 3 aromatic carbocycles. The van der Waals surface area contributed by atoms with Crippen LogP contribution < -0.4 is 5.32 Å². The molecule has 1 amide bonds. The Balaban J connectivity index is 1.95. The minimum Gasteiger partial charge on any atom is -0.322 e. The van der Waals surface area contributed by atoms with E-state index in [-0.39, 0.29) is 11.5 Å². The molecule has 0 saturated carbocycles. The Labute approximate surface area is 158 Å². The van der Waals surface area contributed by atoms with Crippen molar-refractivity contribution in [1.29, 1.82) is 5.26 Å². The van der Waals surface area contributed by atoms with Crippen LogP contribution in [0.15, 0.2) is 82.6 Å². The summed E-state index contributed by atoms with van der Waals surface area (Å²) >= 11 is 5.85. The minimum absolute atomic E-state index is 0.286. The number of nitrogens with one attached hydrogen (secondary N) is 1. The van der Waals surface area contributed by atoms with Gasteiger partial charge in [-0.3, -0.25) is 4.79 Å². The van der Waals surface area contributed by atoms with Crippen molar-refractivity contribution >= 4 is 34.0 Å². The quantitative estimate of drug-likeness (QED) is 0.717. The zero-order chi connectivity index (χ0) is 18.5. The van der Waals surface area contributed by atoms with Gasteiger partial charge < -0.3 is 5.32 Å². The van der Waals surface area contributed by atoms with Crippen molar-refractivity contribution in [3.05, 3.63) is 88.9 Å². The van der Waals surface area contributed by atoms with E-state index in [0.29, 0.717) is 26.1 Å². The number of rotatable bonds is 4. The van der Waals surface area contributed by atoms with Crippen LogP contribution in [0.25, 0.3) is 0 Å². The van der Waals surface area contributed by atoms with E-state index in [1.54, 1.807) is 72.8 Å². The Bertz CT molecular complexity index is 1030. The molecule has 1 N–H and O–H groups in total. The fourth-order valence-corrected chi connectivity index (χ4v) is 3.83. The second-order valence-electron chi connectivity index (χ2n) is 5.33. The van der Waals surface area contributed by atoms with Crippen molar-refractivity contribution in [2.45, 2.75) is 9.79 Å². The van der Waals surface area contributed by atoms with Gasteiger partial charge in [-0.1, -0.05) is 35.9 Å². The highest BCUT2D eigenvalue weighted by atomic mass is 35.5. The van der Waals surface area contributed by atoms with E-state index in [2.05, 4.69) is 5.32 Å². The average Bonchev–Trinajstić information content (AvgIpc) is 2.69. The molecule has 0 aliphatic rings. The van der Waals surface area contributed by atoms with E-state index < -0.39 is 10.8 Å². The van der Waals surface area contributed by atoms with Gasteiger partial charge in [0.15, 0.2) is 0 Å². The molecule has 0 spiro atoms. The number of hydrogen-bond acceptors (Lipinski definition) is 3. The van der Waals surface area contributed by atoms with E-state index in [9.17, 15) is 14.3 Å². The van der Waals surface area contributed by atoms with E-state index in [1.165, 1.54) is 0 Å². The Kier molecular flexibility index (Phi) is 5.47. The third kappa shape index (κ3) is 3.83. The highest BCUT2D eigenvalue weighted by molar-refractivity contribution is 7.85. The fraction of sp³-hybridized carbons (Fsp3) is 0. The van der Waals surface area contributed by atoms with Gasteiger partial charge in [-0.15, -0.1) is 0 Å². The lowest BCUT2D eigenvalue weighted by molar-refractivity contribution is 0.102. The molecule has 0 heterocycles. The van der Waals surface area contributed by atoms with Crippen molar-refractivity contribution in [2.75, 3.05) is 5.32 Å². The molecule has 3 rings (SSSR count). The molecular weight excluding hydrogens is 368 g/mol. The van der Waals surface area contributed by atoms with Crippen molar-refractivity contribution in [2.24, 2.45) is 0 Å². The summed E-state index contributed by atoms with van der Waals surface area (Å²) in [6.07, 6.45) is 0. The number of benzene rings is 3. The lowest BCUT2D eigenvalue weighted by atomic mass is 10.2. The van der Waals surface area contributed by atoms with Crippen LogP contribution in [0.4, 0.5) is 5.69 Å². The zero-order valence-corrected chi connectivity index (χ0v) is 15.1. The second-order valence-corrected chi connectivity index (χ2v) is 7.19. The summed E-state index contributed by atoms with van der Waals surface area (Å²) in [5.41, 5.74) is 1.18. The smallest absolute Gasteiger partial charge is 0.256 e. The molecule has 0 aliphatic heterocycles. The highest BCUT2D eigenvalue weighted by Gasteiger charge is 2.19. The summed E-state index contributed by atoms with van der Waals surface area (Å²) in [6, 6.07) is 22.0. The predicted octanol–water partition coefficient (Wildman–Crippen LogP) is 4.63. The molecule has 4 nitrogen and oxygen atoms in total. The number of nitrogens with zero attached hydrogens (tertiary/aromatic N) is 1. The molecule has 0 aliphatic carbocycles. The third-order valence-electron chi connectivity index (χ3n) is 3.64. The standard InChI is InChI=1S/C20H13ClN2O2S/c21-15-9-11-16(12-10-15)23-20(24)17-6-2-4-8-19(17)26(25)18-7-3-1-5-14(18)13-22/h1-12H,(H,23,24)/t26-/m1/s1. The first-order valence-corrected chi connectivity index (χ1v) is 9.20. The van der Waals surface area contributed by atoms with E-state index in [1.807, 2.05) is 6.07 Å². The van der Waals surface area contributed by atoms with Crippen LogP contribution in [0.1, 0.15) is 15.9 Å². The van der Waals surface area contributed by atoms with Crippen LogP contribution in [0, 0.1) is 11.3 Å². The van der Waals surface area contributed by atoms with Gasteiger partial charge in [0, 0.05) is 10.7 Å². The van der Waals surface area contributed by atoms with Crippen LogP contribution in [0.5, 0.6) is 0 Å². The van der Waals surface area contributed by atoms with E-state index in [0.717, 1.165) is 0 Å². The summed E-state index contributed by atoms with van der Waals surface area (Å²) in [5.74, 6) is -0.384. The maximum absolute atomic E-state index is 13.0. The Morgan fingerprint density at radius 1 is 0.923 bits per heavy atom. The van der Waals surface area contributed by atoms with Crippen molar-refractivity contribution < 1.29 is 9.00 Å². The van der Waals surface area contributed by atoms with Gasteiger partial charge in [-0.2, -0.15) is 5.26 Å². The van der Waals surface area contributed by atoms with Gasteiger partial charge >= 0.3 is 0 Å². The number of halogens is 1. The summed E-state index contributed by atoms with van der Waals surface area (Å²) in [5, 5.41) is 12.6. The Morgan fingerprint density at radius 2 is 1.54 bits per heavy atom. The molecule has 3 aromatic rings. The topological polar surface area (TPSA) is 70.0 Å². The second kappa shape index (κ2) is 7.96. The van der Waals surface area contributed by atoms with Crippen LogP contribution in [0.3, 0.4) is 0 Å². The molecular formula is C20H13ClN2O2S. The van der Waals surface area contributed by atoms with Crippen LogP contribution in [0.2, 0.25) is 5.02 Å². The first-order valence-electron chi connectivity index (χ1n) is 7.67. The zero-order valence-electron chi connectivity index (χ0n) is 13.5. The maximum Gasteiger partial charge on any atom is 0.256 e. The molecule has 0 saturated heterocycles. The molecule has 128 valence electrons. The van der Waals surface area contributed by atoms with E-state index in [4.69, 9.17) is 11.6 Å². The maximum atomic E-state index is 13.0. The van der Waals surface area contributed by atoms with Crippen molar-refractivity contribution in [3.8, 4) is 6.07 Å². The first kappa shape index (κ1) is 17.9. The van der Waals surface area contributed by atoms with Gasteiger partial charge in [0.25, 0.3) is 5.91 Å². The Morgan fingerprint density at radius 3 is 2.23 bits per heavy atom. The molecule has 0 radical (unpaired) electrons. The van der Waals surface area contributed by atoms with E-state index >= 15 is 0 Å². The van der Waals surface area contributed by atoms with Crippen LogP contribution >= 0.6 is 11.6 Å². The lowest BCUT2D eigenvalue weighted by Crippen LogP contribution is -2.15. The van der Waals surface area contributed by atoms with Gasteiger partial charge in [-0.25, -0.2) is 4.21 Å². The molecule has 26 heavy (non-hydrogen) atoms. The van der Waals surface area contributed by atoms with Crippen molar-refractivity contribution in [1.82, 2.24) is 0 Å². The first-order chi connectivity index (χ1) is 12.6. The van der Waals surface area contributed by atoms with Gasteiger partial charge in [0.1, 0.15) is 6.07 Å². The molecule has 0 fully saturated rings. The number of anilines is 1. The number of amides is 1. The normalized spacial score (nSPS) is 11.4. The summed E-state index contributed by atoms with van der Waals surface area (Å²) in [6.45, 7) is 0. The average molecular weight is 381 g/mol. The fourth-order valence-electron chi connectivity index (χ4n) is 2.39. The van der Waals surface area contributed by atoms with Crippen LogP contribution in [-0.4, -0.2) is 10.1 Å². The number of carbonyl (C=O) groups is 1. The third-order valence-corrected chi connectivity index (χ3v) is 5.40. The predicted molar refractivity (Wildman–Crippen MR) is 102 cm³/mol. The number of carbonyl (C=O) groups excluding carboxylic acids is 1. The monoisotopic (exact) mass is 380 g/mol. The van der Waals surface area contributed by atoms with Crippen molar-refractivity contribution in [3.63, 3.8) is 0 Å². The molecule has 0 bridgehead atoms. The summed E-state index contributed by atoms with van der Waals surface area (Å²) in [4.78, 5) is 13.4. The Hall–Kier alpha value is -2.94. The molecule has 6 heteroatoms. The number of hydrogen-bond donors (Lipinski definition) is 1. The largest absolute Gasteiger partial charge is 0.322 e. The van der Waals surface area contributed by atoms with Gasteiger partial charge in [0.2, 0.25) is 0 Å². The summed E-state index contributed by atoms with van der Waals surface area (Å²) < 4.78 is 13.0. The van der Waals surface area contributed by atoms with Gasteiger partial charge in [-0.05, 0) is 48.5 Å². The molecule has 0 unspecified atom stereocenters. The van der Waals surface area contributed by atoms with Gasteiger partial charge in [0.05, 0.1) is 31.7 Å². The minimum atomic E-state index is -1.66. The highest BCUT2D eigenvalue weighted by Crippen LogP contribution is 2.24. The SMILES string of the molecule is N#Cc1ccccc1[S@@](=O)c1ccccc1C(=O)Nc1ccc(Cl)cc1. The number of nitriles is 1. The molecule has 1 atom stereocenters. The van der Waals surface area contributed by atoms with Crippen LogP contribution in [-0.2, 0) is 10.8 Å². The summed E-state index contributed by atoms with van der Waals surface area (Å²) in [7, 11) is -1.66. The molecule has 0 aromatic heterocycles. The lowest BCUT2D eigenvalue weighted by Gasteiger charge is -2.11.